The number of rotatable bonds is 4. The molecule has 1 unspecified atom stereocenters. The van der Waals surface area contributed by atoms with Crippen LogP contribution in [0.25, 0.3) is 0 Å². The number of benzene rings is 2. The number of amides is 1. The van der Waals surface area contributed by atoms with Crippen molar-refractivity contribution in [2.75, 3.05) is 26.5 Å². The largest absolute Gasteiger partial charge is 0.454 e. The highest BCUT2D eigenvalue weighted by Crippen LogP contribution is 2.39. The van der Waals surface area contributed by atoms with Gasteiger partial charge in [0, 0.05) is 18.5 Å². The second-order valence-corrected chi connectivity index (χ2v) is 6.98. The van der Waals surface area contributed by atoms with Gasteiger partial charge in [-0.15, -0.1) is 0 Å². The van der Waals surface area contributed by atoms with E-state index in [0.717, 1.165) is 5.56 Å². The van der Waals surface area contributed by atoms with Gasteiger partial charge in [0.15, 0.2) is 11.5 Å². The molecule has 1 amide bonds. The fraction of sp³-hybridized carbons (Fsp3) is 0.350. The third kappa shape index (κ3) is 3.01. The van der Waals surface area contributed by atoms with Gasteiger partial charge in [0.25, 0.3) is 5.91 Å². The minimum atomic E-state index is -0.414. The molecule has 0 radical (unpaired) electrons. The summed E-state index contributed by atoms with van der Waals surface area (Å²) in [7, 11) is 0. The van der Waals surface area contributed by atoms with Crippen LogP contribution >= 0.6 is 0 Å². The van der Waals surface area contributed by atoms with Crippen molar-refractivity contribution in [3.8, 4) is 11.5 Å². The molecule has 0 bridgehead atoms. The molecule has 1 fully saturated rings. The monoisotopic (exact) mass is 357 g/mol. The Labute approximate surface area is 151 Å². The van der Waals surface area contributed by atoms with Gasteiger partial charge in [-0.2, -0.15) is 0 Å². The minimum Gasteiger partial charge on any atom is -0.454 e. The molecule has 5 nitrogen and oxygen atoms in total. The lowest BCUT2D eigenvalue weighted by Crippen LogP contribution is -2.35. The maximum absolute atomic E-state index is 13.1. The number of aliphatic hydroxyl groups excluding tert-OH is 1. The smallest absolute Gasteiger partial charge is 0.257 e. The summed E-state index contributed by atoms with van der Waals surface area (Å²) in [6, 6.07) is 11.6. The van der Waals surface area contributed by atoms with Gasteiger partial charge in [-0.05, 0) is 42.7 Å². The zero-order chi connectivity index (χ0) is 18.1. The van der Waals surface area contributed by atoms with Crippen molar-refractivity contribution in [2.45, 2.75) is 12.8 Å². The molecule has 136 valence electrons. The lowest BCUT2D eigenvalue weighted by molar-refractivity contribution is 0.0735. The SMILES string of the molecule is O=C(c1cccc2c1OCO2)N1CCC(CO)(Cc2ccc(F)cc2)C1. The summed E-state index contributed by atoms with van der Waals surface area (Å²) in [5.41, 5.74) is 1.02. The highest BCUT2D eigenvalue weighted by molar-refractivity contribution is 5.98. The van der Waals surface area contributed by atoms with Gasteiger partial charge in [-0.3, -0.25) is 4.79 Å². The summed E-state index contributed by atoms with van der Waals surface area (Å²) < 4.78 is 23.9. The van der Waals surface area contributed by atoms with Crippen molar-refractivity contribution in [2.24, 2.45) is 5.41 Å². The Bertz CT molecular complexity index is 823. The standard InChI is InChI=1S/C20H20FNO4/c21-15-6-4-14(5-7-15)10-20(12-23)8-9-22(11-20)19(24)16-2-1-3-17-18(16)26-13-25-17/h1-7,23H,8-13H2. The first-order chi connectivity index (χ1) is 12.6. The Kier molecular flexibility index (Phi) is 4.28. The van der Waals surface area contributed by atoms with Crippen LogP contribution in [-0.2, 0) is 6.42 Å². The number of carbonyl (C=O) groups excluding carboxylic acids is 1. The number of hydrogen-bond donors (Lipinski definition) is 1. The summed E-state index contributed by atoms with van der Waals surface area (Å²) in [5, 5.41) is 10.0. The maximum Gasteiger partial charge on any atom is 0.257 e. The van der Waals surface area contributed by atoms with Crippen LogP contribution in [0.1, 0.15) is 22.3 Å². The van der Waals surface area contributed by atoms with E-state index in [0.29, 0.717) is 43.0 Å². The van der Waals surface area contributed by atoms with E-state index in [2.05, 4.69) is 0 Å². The van der Waals surface area contributed by atoms with E-state index in [1.165, 1.54) is 12.1 Å². The minimum absolute atomic E-state index is 0.0271. The van der Waals surface area contributed by atoms with Gasteiger partial charge in [0.2, 0.25) is 6.79 Å². The van der Waals surface area contributed by atoms with Crippen molar-refractivity contribution >= 4 is 5.91 Å². The number of ether oxygens (including phenoxy) is 2. The van der Waals surface area contributed by atoms with Gasteiger partial charge in [-0.1, -0.05) is 18.2 Å². The van der Waals surface area contributed by atoms with E-state index in [4.69, 9.17) is 9.47 Å². The fourth-order valence-electron chi connectivity index (χ4n) is 3.74. The molecule has 4 rings (SSSR count). The Balaban J connectivity index is 1.52. The van der Waals surface area contributed by atoms with E-state index >= 15 is 0 Å². The number of hydrogen-bond acceptors (Lipinski definition) is 4. The third-order valence-corrected chi connectivity index (χ3v) is 5.18. The molecule has 1 saturated heterocycles. The van der Waals surface area contributed by atoms with Crippen molar-refractivity contribution < 1.29 is 23.8 Å². The summed E-state index contributed by atoms with van der Waals surface area (Å²) in [6.07, 6.45) is 1.29. The lowest BCUT2D eigenvalue weighted by atomic mass is 9.81. The van der Waals surface area contributed by atoms with E-state index < -0.39 is 5.41 Å². The van der Waals surface area contributed by atoms with E-state index in [9.17, 15) is 14.3 Å². The predicted octanol–water partition coefficient (Wildman–Crippen LogP) is 2.62. The predicted molar refractivity (Wildman–Crippen MR) is 92.7 cm³/mol. The molecule has 1 atom stereocenters. The van der Waals surface area contributed by atoms with Gasteiger partial charge in [-0.25, -0.2) is 4.39 Å². The number of fused-ring (bicyclic) bond motifs is 1. The second kappa shape index (κ2) is 6.61. The van der Waals surface area contributed by atoms with Crippen LogP contribution in [0, 0.1) is 11.2 Å². The summed E-state index contributed by atoms with van der Waals surface area (Å²) in [6.45, 7) is 1.10. The lowest BCUT2D eigenvalue weighted by Gasteiger charge is -2.27. The number of halogens is 1. The number of likely N-dealkylation sites (tertiary alicyclic amines) is 1. The molecule has 0 aliphatic carbocycles. The Hall–Kier alpha value is -2.60. The molecular formula is C20H20FNO4. The van der Waals surface area contributed by atoms with Crippen LogP contribution in [-0.4, -0.2) is 42.4 Å². The van der Waals surface area contributed by atoms with Gasteiger partial charge < -0.3 is 19.5 Å². The molecule has 1 N–H and O–H groups in total. The van der Waals surface area contributed by atoms with Gasteiger partial charge in [0.1, 0.15) is 5.82 Å². The molecule has 2 aliphatic rings. The van der Waals surface area contributed by atoms with Crippen LogP contribution in [0.2, 0.25) is 0 Å². The average molecular weight is 357 g/mol. The zero-order valence-corrected chi connectivity index (χ0v) is 14.3. The van der Waals surface area contributed by atoms with Crippen molar-refractivity contribution in [1.82, 2.24) is 4.90 Å². The first kappa shape index (κ1) is 16.8. The average Bonchev–Trinajstić information content (AvgIpc) is 3.30. The molecule has 2 aromatic carbocycles. The first-order valence-corrected chi connectivity index (χ1v) is 8.63. The highest BCUT2D eigenvalue weighted by Gasteiger charge is 2.40. The number of aliphatic hydroxyl groups is 1. The summed E-state index contributed by atoms with van der Waals surface area (Å²) in [4.78, 5) is 14.7. The first-order valence-electron chi connectivity index (χ1n) is 8.63. The van der Waals surface area contributed by atoms with Gasteiger partial charge in [0.05, 0.1) is 12.2 Å². The second-order valence-electron chi connectivity index (χ2n) is 6.98. The van der Waals surface area contributed by atoms with E-state index in [1.54, 1.807) is 35.2 Å². The molecule has 2 heterocycles. The Morgan fingerprint density at radius 3 is 2.77 bits per heavy atom. The summed E-state index contributed by atoms with van der Waals surface area (Å²) in [5.74, 6) is 0.657. The molecule has 6 heteroatoms. The Morgan fingerprint density at radius 1 is 1.19 bits per heavy atom. The fourth-order valence-corrected chi connectivity index (χ4v) is 3.74. The zero-order valence-electron chi connectivity index (χ0n) is 14.3. The highest BCUT2D eigenvalue weighted by atomic mass is 19.1. The molecule has 2 aromatic rings. The molecule has 0 spiro atoms. The molecule has 0 aromatic heterocycles. The number of nitrogens with zero attached hydrogens (tertiary/aromatic N) is 1. The van der Waals surface area contributed by atoms with Crippen molar-refractivity contribution in [3.63, 3.8) is 0 Å². The van der Waals surface area contributed by atoms with Crippen LogP contribution < -0.4 is 9.47 Å². The third-order valence-electron chi connectivity index (χ3n) is 5.18. The normalized spacial score (nSPS) is 21.2. The van der Waals surface area contributed by atoms with Crippen LogP contribution in [0.3, 0.4) is 0 Å². The number of para-hydroxylation sites is 1. The number of carbonyl (C=O) groups is 1. The molecule has 26 heavy (non-hydrogen) atoms. The van der Waals surface area contributed by atoms with E-state index in [1.807, 2.05) is 0 Å². The van der Waals surface area contributed by atoms with Crippen LogP contribution in [0.4, 0.5) is 4.39 Å². The maximum atomic E-state index is 13.1. The topological polar surface area (TPSA) is 59.0 Å². The molecule has 2 aliphatic heterocycles. The quantitative estimate of drug-likeness (QED) is 0.914. The van der Waals surface area contributed by atoms with Crippen molar-refractivity contribution in [3.05, 3.63) is 59.4 Å². The van der Waals surface area contributed by atoms with Crippen LogP contribution in [0.5, 0.6) is 11.5 Å². The van der Waals surface area contributed by atoms with Crippen LogP contribution in [0.15, 0.2) is 42.5 Å². The summed E-state index contributed by atoms with van der Waals surface area (Å²) >= 11 is 0. The van der Waals surface area contributed by atoms with Gasteiger partial charge >= 0.3 is 0 Å². The van der Waals surface area contributed by atoms with Crippen molar-refractivity contribution in [1.29, 1.82) is 0 Å². The Morgan fingerprint density at radius 2 is 2.00 bits per heavy atom. The molecular weight excluding hydrogens is 337 g/mol. The molecule has 0 saturated carbocycles. The van der Waals surface area contributed by atoms with E-state index in [-0.39, 0.29) is 25.1 Å².